The fraction of sp³-hybridized carbons (Fsp3) is 0.435. The molecule has 5 N–H and O–H groups in total. The van der Waals surface area contributed by atoms with Gasteiger partial charge in [0.15, 0.2) is 11.5 Å². The first kappa shape index (κ1) is 23.3. The molecule has 2 aromatic rings. The lowest BCUT2D eigenvalue weighted by Gasteiger charge is -2.19. The Balaban J connectivity index is 2.52. The summed E-state index contributed by atoms with van der Waals surface area (Å²) in [5.41, 5.74) is 0.300. The van der Waals surface area contributed by atoms with E-state index in [4.69, 9.17) is 4.74 Å². The second-order valence-corrected chi connectivity index (χ2v) is 7.38. The molecule has 0 spiro atoms. The van der Waals surface area contributed by atoms with Gasteiger partial charge in [0.25, 0.3) is 0 Å². The predicted octanol–water partition coefficient (Wildman–Crippen LogP) is 5.25. The summed E-state index contributed by atoms with van der Waals surface area (Å²) in [6.45, 7) is 4.00. The Morgan fingerprint density at radius 3 is 2.27 bits per heavy atom. The largest absolute Gasteiger partial charge is 0.508 e. The van der Waals surface area contributed by atoms with Crippen LogP contribution in [0.4, 0.5) is 0 Å². The molecule has 164 valence electrons. The zero-order valence-corrected chi connectivity index (χ0v) is 17.4. The van der Waals surface area contributed by atoms with Gasteiger partial charge in [0.2, 0.25) is 0 Å². The molecule has 0 saturated carbocycles. The first-order valence-electron chi connectivity index (χ1n) is 10.3. The molecule has 0 bridgehead atoms. The molecular weight excluding hydrogens is 388 g/mol. The zero-order chi connectivity index (χ0) is 22.3. The number of phenolic OH excluding ortho intramolecular Hbond substituents is 3. The lowest BCUT2D eigenvalue weighted by Crippen LogP contribution is -2.10. The molecule has 0 aliphatic carbocycles. The predicted molar refractivity (Wildman–Crippen MR) is 113 cm³/mol. The van der Waals surface area contributed by atoms with E-state index in [9.17, 15) is 30.3 Å². The minimum absolute atomic E-state index is 0.0194. The Labute approximate surface area is 176 Å². The Morgan fingerprint density at radius 1 is 0.967 bits per heavy atom. The second kappa shape index (κ2) is 10.7. The third-order valence-corrected chi connectivity index (χ3v) is 4.91. The molecule has 2 aromatic carbocycles. The summed E-state index contributed by atoms with van der Waals surface area (Å²) in [7, 11) is 0. The van der Waals surface area contributed by atoms with Crippen molar-refractivity contribution in [3.63, 3.8) is 0 Å². The SMILES string of the molecule is CCCCCc1cc(O)cc(O)c1Oc1cc(O)cc(C(O)CCCC)c1C(=O)O. The highest BCUT2D eigenvalue weighted by atomic mass is 16.5. The fourth-order valence-electron chi connectivity index (χ4n) is 3.38. The van der Waals surface area contributed by atoms with Crippen molar-refractivity contribution in [3.05, 3.63) is 41.0 Å². The van der Waals surface area contributed by atoms with Gasteiger partial charge in [0.05, 0.1) is 6.10 Å². The number of aromatic carboxylic acids is 1. The van der Waals surface area contributed by atoms with E-state index in [1.165, 1.54) is 12.1 Å². The molecule has 7 heteroatoms. The van der Waals surface area contributed by atoms with Crippen molar-refractivity contribution in [2.24, 2.45) is 0 Å². The number of aliphatic hydroxyl groups excluding tert-OH is 1. The Bertz CT molecular complexity index is 876. The second-order valence-electron chi connectivity index (χ2n) is 7.38. The van der Waals surface area contributed by atoms with Gasteiger partial charge in [0, 0.05) is 23.3 Å². The van der Waals surface area contributed by atoms with Crippen LogP contribution in [0.25, 0.3) is 0 Å². The molecule has 0 heterocycles. The summed E-state index contributed by atoms with van der Waals surface area (Å²) in [6.07, 6.45) is 4.00. The number of carbonyl (C=O) groups is 1. The number of unbranched alkanes of at least 4 members (excludes halogenated alkanes) is 3. The van der Waals surface area contributed by atoms with Gasteiger partial charge in [-0.05, 0) is 31.4 Å². The van der Waals surface area contributed by atoms with Crippen LogP contribution in [0.3, 0.4) is 0 Å². The van der Waals surface area contributed by atoms with Crippen LogP contribution in [0.15, 0.2) is 24.3 Å². The maximum atomic E-state index is 12.0. The van der Waals surface area contributed by atoms with Crippen molar-refractivity contribution < 1.29 is 35.1 Å². The van der Waals surface area contributed by atoms with Gasteiger partial charge >= 0.3 is 5.97 Å². The van der Waals surface area contributed by atoms with Crippen LogP contribution < -0.4 is 4.74 Å². The van der Waals surface area contributed by atoms with E-state index >= 15 is 0 Å². The summed E-state index contributed by atoms with van der Waals surface area (Å²) < 4.78 is 5.78. The van der Waals surface area contributed by atoms with Gasteiger partial charge in [-0.1, -0.05) is 39.5 Å². The van der Waals surface area contributed by atoms with Crippen molar-refractivity contribution in [2.45, 2.75) is 64.9 Å². The molecule has 0 aliphatic heterocycles. The third kappa shape index (κ3) is 5.79. The highest BCUT2D eigenvalue weighted by Gasteiger charge is 2.25. The Kier molecular flexibility index (Phi) is 8.35. The summed E-state index contributed by atoms with van der Waals surface area (Å²) in [6, 6.07) is 4.93. The number of hydrogen-bond donors (Lipinski definition) is 5. The molecule has 1 atom stereocenters. The van der Waals surface area contributed by atoms with Crippen LogP contribution >= 0.6 is 0 Å². The third-order valence-electron chi connectivity index (χ3n) is 4.91. The van der Waals surface area contributed by atoms with Gasteiger partial charge in [0.1, 0.15) is 22.8 Å². The van der Waals surface area contributed by atoms with Gasteiger partial charge in [-0.3, -0.25) is 0 Å². The number of aromatic hydroxyl groups is 3. The lowest BCUT2D eigenvalue weighted by molar-refractivity contribution is 0.0684. The quantitative estimate of drug-likeness (QED) is 0.315. The van der Waals surface area contributed by atoms with Gasteiger partial charge < -0.3 is 30.3 Å². The summed E-state index contributed by atoms with van der Waals surface area (Å²) in [5.74, 6) is -2.21. The van der Waals surface area contributed by atoms with Gasteiger partial charge in [-0.15, -0.1) is 0 Å². The van der Waals surface area contributed by atoms with Gasteiger partial charge in [-0.25, -0.2) is 4.79 Å². The molecule has 0 amide bonds. The number of carboxylic acids is 1. The molecule has 0 fully saturated rings. The summed E-state index contributed by atoms with van der Waals surface area (Å²) in [5, 5.41) is 50.5. The fourth-order valence-corrected chi connectivity index (χ4v) is 3.38. The molecule has 1 unspecified atom stereocenters. The maximum absolute atomic E-state index is 12.0. The minimum atomic E-state index is -1.32. The highest BCUT2D eigenvalue weighted by Crippen LogP contribution is 2.42. The minimum Gasteiger partial charge on any atom is -0.508 e. The van der Waals surface area contributed by atoms with Crippen LogP contribution in [0.2, 0.25) is 0 Å². The van der Waals surface area contributed by atoms with Crippen LogP contribution in [0, 0.1) is 0 Å². The molecular formula is C23H30O7. The molecule has 7 nitrogen and oxygen atoms in total. The first-order valence-corrected chi connectivity index (χ1v) is 10.3. The average molecular weight is 418 g/mol. The maximum Gasteiger partial charge on any atom is 0.339 e. The number of carboxylic acid groups (broad SMARTS) is 1. The van der Waals surface area contributed by atoms with Crippen molar-refractivity contribution in [2.75, 3.05) is 0 Å². The van der Waals surface area contributed by atoms with E-state index in [1.54, 1.807) is 0 Å². The molecule has 0 aromatic heterocycles. The Morgan fingerprint density at radius 2 is 1.63 bits per heavy atom. The Hall–Kier alpha value is -2.93. The number of benzene rings is 2. The average Bonchev–Trinajstić information content (AvgIpc) is 2.67. The van der Waals surface area contributed by atoms with Crippen molar-refractivity contribution in [1.82, 2.24) is 0 Å². The first-order chi connectivity index (χ1) is 14.3. The van der Waals surface area contributed by atoms with Crippen LogP contribution in [-0.4, -0.2) is 31.5 Å². The number of aliphatic hydroxyl groups is 1. The van der Waals surface area contributed by atoms with Crippen molar-refractivity contribution in [1.29, 1.82) is 0 Å². The topological polar surface area (TPSA) is 127 Å². The van der Waals surface area contributed by atoms with E-state index in [2.05, 4.69) is 6.92 Å². The van der Waals surface area contributed by atoms with E-state index in [0.29, 0.717) is 24.8 Å². The van der Waals surface area contributed by atoms with E-state index in [0.717, 1.165) is 37.8 Å². The van der Waals surface area contributed by atoms with Crippen molar-refractivity contribution in [3.8, 4) is 28.7 Å². The van der Waals surface area contributed by atoms with E-state index in [1.807, 2.05) is 6.92 Å². The molecule has 30 heavy (non-hydrogen) atoms. The lowest BCUT2D eigenvalue weighted by atomic mass is 9.97. The number of ether oxygens (including phenoxy) is 1. The van der Waals surface area contributed by atoms with E-state index in [-0.39, 0.29) is 39.9 Å². The number of aryl methyl sites for hydroxylation is 1. The number of hydrogen-bond acceptors (Lipinski definition) is 6. The van der Waals surface area contributed by atoms with Crippen LogP contribution in [0.5, 0.6) is 28.7 Å². The molecule has 2 rings (SSSR count). The number of phenols is 3. The molecule has 0 saturated heterocycles. The number of rotatable bonds is 11. The zero-order valence-electron chi connectivity index (χ0n) is 17.4. The van der Waals surface area contributed by atoms with Gasteiger partial charge in [-0.2, -0.15) is 0 Å². The normalized spacial score (nSPS) is 12.0. The standard InChI is InChI=1S/C23H30O7/c1-3-5-7-8-14-10-15(24)12-19(27)22(14)30-20-13-16(25)11-17(21(20)23(28)29)18(26)9-6-4-2/h10-13,18,24-27H,3-9H2,1-2H3,(H,28,29). The smallest absolute Gasteiger partial charge is 0.339 e. The summed E-state index contributed by atoms with van der Waals surface area (Å²) >= 11 is 0. The van der Waals surface area contributed by atoms with Crippen LogP contribution in [-0.2, 0) is 6.42 Å². The highest BCUT2D eigenvalue weighted by molar-refractivity contribution is 5.93. The van der Waals surface area contributed by atoms with Crippen molar-refractivity contribution >= 4 is 5.97 Å². The van der Waals surface area contributed by atoms with E-state index < -0.39 is 12.1 Å². The monoisotopic (exact) mass is 418 g/mol. The molecule has 0 radical (unpaired) electrons. The summed E-state index contributed by atoms with van der Waals surface area (Å²) in [4.78, 5) is 12.0. The molecule has 0 aliphatic rings. The van der Waals surface area contributed by atoms with Crippen LogP contribution in [0.1, 0.15) is 80.0 Å².